The molecule has 1 fully saturated rings. The van der Waals surface area contributed by atoms with Gasteiger partial charge in [-0.1, -0.05) is 17.7 Å². The molecule has 1 saturated heterocycles. The first-order valence-electron chi connectivity index (χ1n) is 11.5. The highest BCUT2D eigenvalue weighted by atomic mass is 35.5. The minimum atomic E-state index is -0.214. The average molecular weight is 519 g/mol. The summed E-state index contributed by atoms with van der Waals surface area (Å²) in [4.78, 5) is 6.74. The molecular formula is C27H23ClN4O3S. The molecule has 0 bridgehead atoms. The summed E-state index contributed by atoms with van der Waals surface area (Å²) < 4.78 is 13.2. The van der Waals surface area contributed by atoms with Crippen LogP contribution in [0.15, 0.2) is 66.9 Å². The average Bonchev–Trinajstić information content (AvgIpc) is 3.56. The van der Waals surface area contributed by atoms with Gasteiger partial charge >= 0.3 is 0 Å². The van der Waals surface area contributed by atoms with Crippen molar-refractivity contribution in [3.05, 3.63) is 94.5 Å². The summed E-state index contributed by atoms with van der Waals surface area (Å²) in [6.07, 6.45) is 1.79. The standard InChI is InChI=1S/C27H23ClN4O3S/c1-15-11-19(16(2)31(15)21-12-17(28)6-8-22(21)33)26-25(20-5-3-4-10-29-20)30-27(36)32(26)18-7-9-23-24(13-18)35-14-34-23/h3-13,25-26,33H,14H2,1-2H3,(H,30,36)/t25-,26+/m0/s1. The predicted octanol–water partition coefficient (Wildman–Crippen LogP) is 5.75. The Morgan fingerprint density at radius 1 is 1.06 bits per heavy atom. The van der Waals surface area contributed by atoms with Gasteiger partial charge in [-0.2, -0.15) is 0 Å². The van der Waals surface area contributed by atoms with Gasteiger partial charge in [0.25, 0.3) is 0 Å². The topological polar surface area (TPSA) is 71.8 Å². The highest BCUT2D eigenvalue weighted by molar-refractivity contribution is 7.80. The first-order chi connectivity index (χ1) is 17.4. The number of rotatable bonds is 4. The van der Waals surface area contributed by atoms with Crippen LogP contribution in [0, 0.1) is 13.8 Å². The minimum Gasteiger partial charge on any atom is -0.506 e. The van der Waals surface area contributed by atoms with Crippen molar-refractivity contribution >= 4 is 34.6 Å². The molecule has 6 rings (SSSR count). The van der Waals surface area contributed by atoms with E-state index in [4.69, 9.17) is 33.3 Å². The molecule has 182 valence electrons. The van der Waals surface area contributed by atoms with Crippen molar-refractivity contribution in [1.29, 1.82) is 0 Å². The van der Waals surface area contributed by atoms with Crippen LogP contribution in [0.4, 0.5) is 5.69 Å². The Morgan fingerprint density at radius 2 is 1.89 bits per heavy atom. The second-order valence-electron chi connectivity index (χ2n) is 8.83. The van der Waals surface area contributed by atoms with Crippen molar-refractivity contribution in [3.8, 4) is 22.9 Å². The van der Waals surface area contributed by atoms with E-state index in [0.717, 1.165) is 28.3 Å². The number of anilines is 1. The van der Waals surface area contributed by atoms with Crippen molar-refractivity contribution in [3.63, 3.8) is 0 Å². The maximum absolute atomic E-state index is 10.6. The first kappa shape index (κ1) is 22.7. The maximum atomic E-state index is 10.6. The summed E-state index contributed by atoms with van der Waals surface area (Å²) in [5.41, 5.74) is 5.37. The number of hydrogen-bond donors (Lipinski definition) is 2. The fourth-order valence-corrected chi connectivity index (χ4v) is 5.63. The van der Waals surface area contributed by atoms with Gasteiger partial charge in [-0.15, -0.1) is 0 Å². The van der Waals surface area contributed by atoms with Crippen molar-refractivity contribution in [2.75, 3.05) is 11.7 Å². The summed E-state index contributed by atoms with van der Waals surface area (Å²) in [5, 5.41) is 15.3. The lowest BCUT2D eigenvalue weighted by Gasteiger charge is -2.28. The molecule has 0 spiro atoms. The molecule has 4 aromatic rings. The molecule has 7 nitrogen and oxygen atoms in total. The maximum Gasteiger partial charge on any atom is 0.231 e. The van der Waals surface area contributed by atoms with Crippen molar-refractivity contribution in [2.24, 2.45) is 0 Å². The Hall–Kier alpha value is -3.75. The molecule has 0 radical (unpaired) electrons. The van der Waals surface area contributed by atoms with Gasteiger partial charge in [0.1, 0.15) is 5.75 Å². The van der Waals surface area contributed by atoms with Gasteiger partial charge in [-0.3, -0.25) is 4.98 Å². The molecule has 4 heterocycles. The second kappa shape index (κ2) is 8.72. The summed E-state index contributed by atoms with van der Waals surface area (Å²) >= 11 is 12.2. The van der Waals surface area contributed by atoms with Gasteiger partial charge in [-0.05, 0) is 80.2 Å². The van der Waals surface area contributed by atoms with Gasteiger partial charge in [0.15, 0.2) is 16.6 Å². The number of phenolic OH excluding ortho intramolecular Hbond substituents is 1. The number of aryl methyl sites for hydroxylation is 1. The van der Waals surface area contributed by atoms with Crippen LogP contribution < -0.4 is 19.7 Å². The summed E-state index contributed by atoms with van der Waals surface area (Å²) in [5.74, 6) is 1.55. The number of aromatic hydroxyl groups is 1. The molecule has 2 aromatic carbocycles. The highest BCUT2D eigenvalue weighted by Gasteiger charge is 2.42. The number of halogens is 1. The zero-order valence-electron chi connectivity index (χ0n) is 19.6. The van der Waals surface area contributed by atoms with Crippen LogP contribution in [0.3, 0.4) is 0 Å². The Balaban J connectivity index is 1.53. The van der Waals surface area contributed by atoms with Crippen molar-refractivity contribution in [2.45, 2.75) is 25.9 Å². The number of pyridine rings is 1. The number of thiocarbonyl (C=S) groups is 1. The van der Waals surface area contributed by atoms with E-state index in [0.29, 0.717) is 27.3 Å². The Labute approximate surface area is 218 Å². The quantitative estimate of drug-likeness (QED) is 0.333. The lowest BCUT2D eigenvalue weighted by Crippen LogP contribution is -2.29. The number of hydrogen-bond acceptors (Lipinski definition) is 5. The van der Waals surface area contributed by atoms with E-state index in [2.05, 4.69) is 21.3 Å². The number of benzene rings is 2. The zero-order chi connectivity index (χ0) is 25.0. The van der Waals surface area contributed by atoms with Crippen molar-refractivity contribution in [1.82, 2.24) is 14.9 Å². The molecule has 2 N–H and O–H groups in total. The van der Waals surface area contributed by atoms with E-state index in [1.165, 1.54) is 0 Å². The molecule has 2 aliphatic heterocycles. The van der Waals surface area contributed by atoms with Crippen molar-refractivity contribution < 1.29 is 14.6 Å². The molecule has 0 aliphatic carbocycles. The zero-order valence-corrected chi connectivity index (χ0v) is 21.2. The molecular weight excluding hydrogens is 496 g/mol. The summed E-state index contributed by atoms with van der Waals surface area (Å²) in [6, 6.07) is 18.5. The smallest absolute Gasteiger partial charge is 0.231 e. The highest BCUT2D eigenvalue weighted by Crippen LogP contribution is 2.46. The first-order valence-corrected chi connectivity index (χ1v) is 12.3. The molecule has 2 aromatic heterocycles. The number of ether oxygens (including phenoxy) is 2. The summed E-state index contributed by atoms with van der Waals surface area (Å²) in [7, 11) is 0. The molecule has 2 atom stereocenters. The van der Waals surface area contributed by atoms with Gasteiger partial charge in [-0.25, -0.2) is 0 Å². The normalized spacial score (nSPS) is 18.5. The number of phenols is 1. The molecule has 9 heteroatoms. The lowest BCUT2D eigenvalue weighted by molar-refractivity contribution is 0.174. The largest absolute Gasteiger partial charge is 0.506 e. The Kier molecular flexibility index (Phi) is 5.50. The van der Waals surface area contributed by atoms with Crippen LogP contribution in [-0.2, 0) is 0 Å². The third-order valence-corrected chi connectivity index (χ3v) is 7.25. The SMILES string of the molecule is Cc1cc([C@@H]2[C@H](c3ccccn3)NC(=S)N2c2ccc3c(c2)OCO3)c(C)n1-c1cc(Cl)ccc1O. The van der Waals surface area contributed by atoms with Gasteiger partial charge in [0, 0.05) is 34.4 Å². The number of fused-ring (bicyclic) bond motifs is 1. The second-order valence-corrected chi connectivity index (χ2v) is 9.65. The number of nitrogens with zero attached hydrogens (tertiary/aromatic N) is 3. The van der Waals surface area contributed by atoms with E-state index < -0.39 is 0 Å². The van der Waals surface area contributed by atoms with E-state index in [1.807, 2.05) is 54.8 Å². The molecule has 0 unspecified atom stereocenters. The lowest BCUT2D eigenvalue weighted by atomic mass is 9.96. The Bertz CT molecular complexity index is 1490. The van der Waals surface area contributed by atoms with Crippen LogP contribution in [-0.4, -0.2) is 26.6 Å². The third kappa shape index (κ3) is 3.65. The molecule has 0 amide bonds. The van der Waals surface area contributed by atoms with Gasteiger partial charge in [0.2, 0.25) is 6.79 Å². The number of aromatic nitrogens is 2. The van der Waals surface area contributed by atoms with Crippen LogP contribution in [0.2, 0.25) is 5.02 Å². The third-order valence-electron chi connectivity index (χ3n) is 6.70. The molecule has 2 aliphatic rings. The van der Waals surface area contributed by atoms with E-state index >= 15 is 0 Å². The fourth-order valence-electron chi connectivity index (χ4n) is 5.12. The van der Waals surface area contributed by atoms with E-state index in [-0.39, 0.29) is 24.6 Å². The van der Waals surface area contributed by atoms with Crippen LogP contribution in [0.25, 0.3) is 5.69 Å². The van der Waals surface area contributed by atoms with Crippen LogP contribution in [0.5, 0.6) is 17.2 Å². The van der Waals surface area contributed by atoms with Gasteiger partial charge in [0.05, 0.1) is 23.5 Å². The van der Waals surface area contributed by atoms with Gasteiger partial charge < -0.3 is 29.4 Å². The van der Waals surface area contributed by atoms with Crippen LogP contribution in [0.1, 0.15) is 34.7 Å². The molecule has 0 saturated carbocycles. The molecule has 36 heavy (non-hydrogen) atoms. The van der Waals surface area contributed by atoms with E-state index in [9.17, 15) is 5.11 Å². The predicted molar refractivity (Wildman–Crippen MR) is 142 cm³/mol. The Morgan fingerprint density at radius 3 is 2.69 bits per heavy atom. The minimum absolute atomic E-state index is 0.154. The summed E-state index contributed by atoms with van der Waals surface area (Å²) in [6.45, 7) is 4.25. The monoisotopic (exact) mass is 518 g/mol. The number of nitrogens with one attached hydrogen (secondary N) is 1. The van der Waals surface area contributed by atoms with Crippen LogP contribution >= 0.6 is 23.8 Å². The fraction of sp³-hybridized carbons (Fsp3) is 0.185. The van der Waals surface area contributed by atoms with E-state index in [1.54, 1.807) is 24.4 Å².